The lowest BCUT2D eigenvalue weighted by molar-refractivity contribution is -0.132. The summed E-state index contributed by atoms with van der Waals surface area (Å²) >= 11 is 0. The highest BCUT2D eigenvalue weighted by Crippen LogP contribution is 2.29. The summed E-state index contributed by atoms with van der Waals surface area (Å²) in [4.78, 5) is 17.8. The maximum Gasteiger partial charge on any atom is 0.219 e. The summed E-state index contributed by atoms with van der Waals surface area (Å²) in [7, 11) is 0. The van der Waals surface area contributed by atoms with Gasteiger partial charge in [0.15, 0.2) is 0 Å². The third kappa shape index (κ3) is 6.68. The molecule has 2 aromatic carbocycles. The predicted molar refractivity (Wildman–Crippen MR) is 128 cm³/mol. The van der Waals surface area contributed by atoms with Crippen molar-refractivity contribution in [1.29, 1.82) is 0 Å². The van der Waals surface area contributed by atoms with Crippen molar-refractivity contribution >= 4 is 11.6 Å². The molecule has 1 atom stereocenters. The van der Waals surface area contributed by atoms with Gasteiger partial charge < -0.3 is 24.7 Å². The zero-order valence-corrected chi connectivity index (χ0v) is 20.0. The first-order valence-electron chi connectivity index (χ1n) is 11.9. The predicted octanol–water partition coefficient (Wildman–Crippen LogP) is 2.27. The molecule has 2 aliphatic rings. The molecule has 0 spiro atoms. The van der Waals surface area contributed by atoms with Crippen LogP contribution in [0, 0.1) is 11.6 Å². The maximum absolute atomic E-state index is 13.2. The third-order valence-electron chi connectivity index (χ3n) is 6.86. The Morgan fingerprint density at radius 3 is 2.09 bits per heavy atom. The van der Waals surface area contributed by atoms with E-state index in [1.807, 2.05) is 4.90 Å². The fraction of sp³-hybridized carbons (Fsp3) is 0.500. The van der Waals surface area contributed by atoms with Crippen molar-refractivity contribution in [3.05, 3.63) is 60.2 Å². The fourth-order valence-electron chi connectivity index (χ4n) is 4.89. The van der Waals surface area contributed by atoms with Crippen molar-refractivity contribution in [2.75, 3.05) is 57.3 Å². The zero-order valence-electron chi connectivity index (χ0n) is 20.0. The van der Waals surface area contributed by atoms with Crippen molar-refractivity contribution in [1.82, 2.24) is 9.80 Å². The Labute approximate surface area is 204 Å². The Kier molecular flexibility index (Phi) is 7.59. The minimum absolute atomic E-state index is 0.0737. The van der Waals surface area contributed by atoms with Crippen LogP contribution in [0.1, 0.15) is 19.8 Å². The molecule has 2 aromatic rings. The molecule has 4 rings (SSSR count). The van der Waals surface area contributed by atoms with E-state index in [0.29, 0.717) is 51.3 Å². The van der Waals surface area contributed by atoms with Gasteiger partial charge in [-0.2, -0.15) is 0 Å². The highest BCUT2D eigenvalue weighted by Gasteiger charge is 2.40. The number of hydrogen-bond donors (Lipinski definition) is 2. The molecular weight excluding hydrogens is 456 g/mol. The fourth-order valence-corrected chi connectivity index (χ4v) is 4.89. The molecule has 1 amide bonds. The van der Waals surface area contributed by atoms with Gasteiger partial charge in [-0.1, -0.05) is 0 Å². The van der Waals surface area contributed by atoms with Crippen LogP contribution in [-0.4, -0.2) is 89.5 Å². The molecule has 0 aromatic heterocycles. The lowest BCUT2D eigenvalue weighted by atomic mass is 9.90. The van der Waals surface area contributed by atoms with E-state index in [9.17, 15) is 23.8 Å². The van der Waals surface area contributed by atoms with Crippen LogP contribution in [0.4, 0.5) is 14.5 Å². The number of ether oxygens (including phenoxy) is 1. The molecule has 0 saturated carbocycles. The SMILES string of the molecule is CC(=O)N1CCN(CC2(O)CCN(c3ccc(F)cc3)CC2)CC(O)(COc2ccc(F)cc2)C1. The molecule has 7 nitrogen and oxygen atoms in total. The van der Waals surface area contributed by atoms with E-state index in [2.05, 4.69) is 4.90 Å². The first kappa shape index (κ1) is 25.3. The summed E-state index contributed by atoms with van der Waals surface area (Å²) in [5.41, 5.74) is -1.38. The summed E-state index contributed by atoms with van der Waals surface area (Å²) in [5, 5.41) is 22.8. The number of benzene rings is 2. The summed E-state index contributed by atoms with van der Waals surface area (Å²) in [6.45, 7) is 4.30. The Morgan fingerprint density at radius 1 is 0.886 bits per heavy atom. The quantitative estimate of drug-likeness (QED) is 0.649. The average molecular weight is 490 g/mol. The number of piperidine rings is 1. The van der Waals surface area contributed by atoms with E-state index in [0.717, 1.165) is 5.69 Å². The van der Waals surface area contributed by atoms with Gasteiger partial charge in [-0.25, -0.2) is 8.78 Å². The van der Waals surface area contributed by atoms with Crippen molar-refractivity contribution in [3.63, 3.8) is 0 Å². The van der Waals surface area contributed by atoms with Gasteiger partial charge >= 0.3 is 0 Å². The van der Waals surface area contributed by atoms with Crippen LogP contribution in [0.5, 0.6) is 5.75 Å². The molecule has 2 aliphatic heterocycles. The molecule has 35 heavy (non-hydrogen) atoms. The molecule has 0 radical (unpaired) electrons. The lowest BCUT2D eigenvalue weighted by Crippen LogP contribution is -2.55. The minimum atomic E-state index is -1.36. The number of anilines is 1. The number of β-amino-alcohol motifs (C(OH)–C–C–N with tert-alkyl or cyclic N) is 2. The maximum atomic E-state index is 13.2. The van der Waals surface area contributed by atoms with E-state index >= 15 is 0 Å². The lowest BCUT2D eigenvalue weighted by Gasteiger charge is -2.42. The van der Waals surface area contributed by atoms with Crippen molar-refractivity contribution in [2.24, 2.45) is 0 Å². The number of halogens is 2. The van der Waals surface area contributed by atoms with Gasteiger partial charge in [0, 0.05) is 51.9 Å². The Hall–Kier alpha value is -2.75. The summed E-state index contributed by atoms with van der Waals surface area (Å²) < 4.78 is 32.2. The average Bonchev–Trinajstić information content (AvgIpc) is 2.98. The van der Waals surface area contributed by atoms with Gasteiger partial charge in [0.2, 0.25) is 5.91 Å². The van der Waals surface area contributed by atoms with Crippen LogP contribution in [0.2, 0.25) is 0 Å². The van der Waals surface area contributed by atoms with Gasteiger partial charge in [-0.15, -0.1) is 0 Å². The second-order valence-electron chi connectivity index (χ2n) is 9.81. The monoisotopic (exact) mass is 489 g/mol. The van der Waals surface area contributed by atoms with E-state index in [-0.39, 0.29) is 37.2 Å². The number of hydrogen-bond acceptors (Lipinski definition) is 6. The molecule has 2 heterocycles. The first-order chi connectivity index (χ1) is 16.6. The van der Waals surface area contributed by atoms with Gasteiger partial charge in [0.1, 0.15) is 29.6 Å². The van der Waals surface area contributed by atoms with E-state index < -0.39 is 11.2 Å². The van der Waals surface area contributed by atoms with Gasteiger partial charge in [-0.05, 0) is 61.4 Å². The van der Waals surface area contributed by atoms with Crippen molar-refractivity contribution in [2.45, 2.75) is 31.0 Å². The van der Waals surface area contributed by atoms with Crippen molar-refractivity contribution in [3.8, 4) is 5.75 Å². The van der Waals surface area contributed by atoms with Gasteiger partial charge in [0.05, 0.1) is 12.1 Å². The molecular formula is C26H33F2N3O4. The number of aliphatic hydroxyl groups is 2. The van der Waals surface area contributed by atoms with Crippen LogP contribution < -0.4 is 9.64 Å². The van der Waals surface area contributed by atoms with Crippen LogP contribution in [0.3, 0.4) is 0 Å². The van der Waals surface area contributed by atoms with Crippen LogP contribution in [-0.2, 0) is 4.79 Å². The number of carbonyl (C=O) groups is 1. The number of carbonyl (C=O) groups excluding carboxylic acids is 1. The highest BCUT2D eigenvalue weighted by atomic mass is 19.1. The molecule has 0 bridgehead atoms. The van der Waals surface area contributed by atoms with Crippen LogP contribution in [0.15, 0.2) is 48.5 Å². The Morgan fingerprint density at radius 2 is 1.49 bits per heavy atom. The molecule has 2 saturated heterocycles. The minimum Gasteiger partial charge on any atom is -0.490 e. The first-order valence-corrected chi connectivity index (χ1v) is 11.9. The molecule has 2 N–H and O–H groups in total. The highest BCUT2D eigenvalue weighted by molar-refractivity contribution is 5.73. The molecule has 9 heteroatoms. The summed E-state index contributed by atoms with van der Waals surface area (Å²) in [5.74, 6) is -0.368. The molecule has 2 fully saturated rings. The molecule has 190 valence electrons. The number of rotatable bonds is 6. The van der Waals surface area contributed by atoms with E-state index in [4.69, 9.17) is 4.74 Å². The van der Waals surface area contributed by atoms with Gasteiger partial charge in [0.25, 0.3) is 0 Å². The Bertz CT molecular complexity index is 997. The summed E-state index contributed by atoms with van der Waals surface area (Å²) in [6.07, 6.45) is 1.06. The van der Waals surface area contributed by atoms with Crippen LogP contribution in [0.25, 0.3) is 0 Å². The summed E-state index contributed by atoms with van der Waals surface area (Å²) in [6, 6.07) is 11.9. The number of nitrogens with zero attached hydrogens (tertiary/aromatic N) is 3. The third-order valence-corrected chi connectivity index (χ3v) is 6.86. The largest absolute Gasteiger partial charge is 0.490 e. The Balaban J connectivity index is 1.40. The topological polar surface area (TPSA) is 76.5 Å². The standard InChI is InChI=1S/C26H33F2N3O4/c1-20(32)31-15-14-29(17-26(34,18-31)19-35-24-8-4-22(28)5-9-24)16-25(33)10-12-30(13-11-25)23-6-2-21(27)3-7-23/h2-9,33-34H,10-19H2,1H3. The van der Waals surface area contributed by atoms with Crippen molar-refractivity contribution < 1.29 is 28.5 Å². The second kappa shape index (κ2) is 10.5. The second-order valence-corrected chi connectivity index (χ2v) is 9.81. The normalized spacial score (nSPS) is 23.1. The zero-order chi connectivity index (χ0) is 25.1. The van der Waals surface area contributed by atoms with Crippen LogP contribution >= 0.6 is 0 Å². The van der Waals surface area contributed by atoms with E-state index in [1.54, 1.807) is 17.0 Å². The number of amides is 1. The smallest absolute Gasteiger partial charge is 0.219 e. The van der Waals surface area contributed by atoms with E-state index in [1.165, 1.54) is 43.3 Å². The molecule has 0 aliphatic carbocycles. The molecule has 1 unspecified atom stereocenters. The van der Waals surface area contributed by atoms with Gasteiger partial charge in [-0.3, -0.25) is 9.69 Å².